The number of aromatic amines is 1. The minimum Gasteiger partial charge on any atom is -0.427 e. The van der Waals surface area contributed by atoms with Gasteiger partial charge in [0.25, 0.3) is 5.91 Å². The van der Waals surface area contributed by atoms with Crippen molar-refractivity contribution in [2.24, 2.45) is 0 Å². The Labute approximate surface area is 168 Å². The number of nitrogens with one attached hydrogen (secondary N) is 2. The number of hydrogen-bond donors (Lipinski definition) is 3. The Hall–Kier alpha value is -2.90. The number of fused-ring (bicyclic) bond motifs is 1. The molecule has 152 valence electrons. The van der Waals surface area contributed by atoms with Crippen molar-refractivity contribution in [1.29, 1.82) is 0 Å². The van der Waals surface area contributed by atoms with Gasteiger partial charge in [0, 0.05) is 36.6 Å². The van der Waals surface area contributed by atoms with E-state index in [9.17, 15) is 14.7 Å². The fourth-order valence-corrected chi connectivity index (χ4v) is 4.03. The number of H-pyrrole nitrogens is 1. The van der Waals surface area contributed by atoms with Gasteiger partial charge in [0.2, 0.25) is 0 Å². The van der Waals surface area contributed by atoms with Crippen molar-refractivity contribution in [1.82, 2.24) is 15.2 Å². The first-order valence-corrected chi connectivity index (χ1v) is 9.78. The van der Waals surface area contributed by atoms with Crippen LogP contribution in [0.25, 0.3) is 10.9 Å². The smallest absolute Gasteiger partial charge is 0.349 e. The Morgan fingerprint density at radius 1 is 1.31 bits per heavy atom. The van der Waals surface area contributed by atoms with Crippen LogP contribution in [0.5, 0.6) is 0 Å². The van der Waals surface area contributed by atoms with Crippen molar-refractivity contribution in [2.45, 2.75) is 31.9 Å². The van der Waals surface area contributed by atoms with Crippen molar-refractivity contribution in [3.63, 3.8) is 0 Å². The third kappa shape index (κ3) is 3.97. The van der Waals surface area contributed by atoms with Gasteiger partial charge in [-0.05, 0) is 43.7 Å². The van der Waals surface area contributed by atoms with Gasteiger partial charge >= 0.3 is 5.63 Å². The maximum Gasteiger partial charge on any atom is 0.349 e. The number of carbonyl (C=O) groups excluding carboxylic acids is 1. The van der Waals surface area contributed by atoms with Crippen molar-refractivity contribution in [2.75, 3.05) is 20.1 Å². The molecule has 4 rings (SSSR count). The van der Waals surface area contributed by atoms with E-state index in [4.69, 9.17) is 4.42 Å². The Balaban J connectivity index is 1.48. The molecule has 1 aliphatic rings. The van der Waals surface area contributed by atoms with Gasteiger partial charge in [0.15, 0.2) is 0 Å². The van der Waals surface area contributed by atoms with Crippen LogP contribution in [0, 0.1) is 6.92 Å². The number of carbonyl (C=O) groups is 1. The molecule has 3 aromatic rings. The lowest BCUT2D eigenvalue weighted by atomic mass is 10.0. The van der Waals surface area contributed by atoms with Gasteiger partial charge < -0.3 is 24.7 Å². The zero-order chi connectivity index (χ0) is 20.5. The summed E-state index contributed by atoms with van der Waals surface area (Å²) in [6.45, 7) is 2.77. The lowest BCUT2D eigenvalue weighted by Gasteiger charge is -2.16. The highest BCUT2D eigenvalue weighted by atomic mass is 16.4. The summed E-state index contributed by atoms with van der Waals surface area (Å²) in [5.41, 5.74) is 2.17. The van der Waals surface area contributed by atoms with Crippen molar-refractivity contribution in [3.05, 3.63) is 69.4 Å². The number of benzene rings is 1. The summed E-state index contributed by atoms with van der Waals surface area (Å²) in [4.78, 5) is 30.3. The fraction of sp³-hybridized carbons (Fsp3) is 0.364. The molecule has 0 bridgehead atoms. The van der Waals surface area contributed by atoms with Crippen LogP contribution in [0.2, 0.25) is 0 Å². The summed E-state index contributed by atoms with van der Waals surface area (Å²) in [6.07, 6.45) is 2.61. The average molecular weight is 395 g/mol. The van der Waals surface area contributed by atoms with E-state index in [-0.39, 0.29) is 5.56 Å². The summed E-state index contributed by atoms with van der Waals surface area (Å²) >= 11 is 0. The molecule has 0 spiro atoms. The van der Waals surface area contributed by atoms with Gasteiger partial charge in [0.1, 0.15) is 11.3 Å². The standard InChI is InChI=1S/C22H25N3O4/c1-13-9-15(8-7-14-10-23-17-6-4-3-5-16(14)17)29-22(28)20(13)21(27)24-18-11-25(2)12-19(18)26/h3-6,9-10,18-19,23,26H,7-8,11-12H2,1-2H3,(H,24,27)/t18-,19-/m1/s1. The molecule has 2 aromatic heterocycles. The van der Waals surface area contributed by atoms with Crippen LogP contribution < -0.4 is 10.9 Å². The maximum atomic E-state index is 12.6. The molecule has 3 N–H and O–H groups in total. The largest absolute Gasteiger partial charge is 0.427 e. The average Bonchev–Trinajstić information content (AvgIpc) is 3.22. The van der Waals surface area contributed by atoms with Gasteiger partial charge in [-0.25, -0.2) is 4.79 Å². The van der Waals surface area contributed by atoms with Crippen LogP contribution in [-0.2, 0) is 12.8 Å². The molecule has 0 saturated carbocycles. The number of nitrogens with zero attached hydrogens (tertiary/aromatic N) is 1. The van der Waals surface area contributed by atoms with E-state index >= 15 is 0 Å². The molecule has 3 heterocycles. The quantitative estimate of drug-likeness (QED) is 0.610. The van der Waals surface area contributed by atoms with E-state index in [1.54, 1.807) is 13.0 Å². The number of aryl methyl sites for hydroxylation is 3. The first kappa shape index (κ1) is 19.4. The number of rotatable bonds is 5. The lowest BCUT2D eigenvalue weighted by Crippen LogP contribution is -2.44. The van der Waals surface area contributed by atoms with Crippen LogP contribution in [0.1, 0.15) is 27.2 Å². The van der Waals surface area contributed by atoms with E-state index in [1.807, 2.05) is 36.3 Å². The summed E-state index contributed by atoms with van der Waals surface area (Å²) in [5.74, 6) is 0.0498. The van der Waals surface area contributed by atoms with E-state index < -0.39 is 23.7 Å². The Bertz CT molecular complexity index is 1100. The van der Waals surface area contributed by atoms with Crippen LogP contribution >= 0.6 is 0 Å². The lowest BCUT2D eigenvalue weighted by molar-refractivity contribution is 0.0883. The minimum absolute atomic E-state index is 0.00240. The minimum atomic E-state index is -0.647. The number of β-amino-alcohol motifs (C(OH)–C–C–N with tert-alkyl or cyclic N) is 1. The molecule has 1 saturated heterocycles. The molecule has 1 aliphatic heterocycles. The van der Waals surface area contributed by atoms with Crippen molar-refractivity contribution >= 4 is 16.8 Å². The zero-order valence-corrected chi connectivity index (χ0v) is 16.6. The molecule has 1 fully saturated rings. The number of amides is 1. The molecular formula is C22H25N3O4. The molecule has 0 radical (unpaired) electrons. The number of para-hydroxylation sites is 1. The molecular weight excluding hydrogens is 370 g/mol. The first-order chi connectivity index (χ1) is 13.9. The molecule has 0 aliphatic carbocycles. The van der Waals surface area contributed by atoms with E-state index in [2.05, 4.69) is 16.4 Å². The second kappa shape index (κ2) is 7.85. The Kier molecular flexibility index (Phi) is 5.25. The highest BCUT2D eigenvalue weighted by Gasteiger charge is 2.31. The van der Waals surface area contributed by atoms with E-state index in [0.29, 0.717) is 30.8 Å². The second-order valence-corrected chi connectivity index (χ2v) is 7.79. The summed E-state index contributed by atoms with van der Waals surface area (Å²) < 4.78 is 5.43. The van der Waals surface area contributed by atoms with Crippen molar-refractivity contribution < 1.29 is 14.3 Å². The topological polar surface area (TPSA) is 98.6 Å². The normalized spacial score (nSPS) is 19.7. The number of aliphatic hydroxyl groups excluding tert-OH is 1. The zero-order valence-electron chi connectivity index (χ0n) is 16.6. The predicted octanol–water partition coefficient (Wildman–Crippen LogP) is 1.62. The Morgan fingerprint density at radius 2 is 2.10 bits per heavy atom. The third-order valence-corrected chi connectivity index (χ3v) is 5.53. The monoisotopic (exact) mass is 395 g/mol. The second-order valence-electron chi connectivity index (χ2n) is 7.79. The van der Waals surface area contributed by atoms with Crippen LogP contribution in [0.4, 0.5) is 0 Å². The molecule has 2 atom stereocenters. The van der Waals surface area contributed by atoms with Gasteiger partial charge in [-0.2, -0.15) is 0 Å². The summed E-state index contributed by atoms with van der Waals surface area (Å²) in [7, 11) is 1.87. The highest BCUT2D eigenvalue weighted by molar-refractivity contribution is 5.95. The molecule has 1 amide bonds. The third-order valence-electron chi connectivity index (χ3n) is 5.53. The number of likely N-dealkylation sites (tertiary alicyclic amines) is 1. The van der Waals surface area contributed by atoms with Crippen LogP contribution in [0.15, 0.2) is 45.7 Å². The number of aromatic nitrogens is 1. The number of hydrogen-bond acceptors (Lipinski definition) is 5. The molecule has 29 heavy (non-hydrogen) atoms. The van der Waals surface area contributed by atoms with Gasteiger partial charge in [0.05, 0.1) is 12.1 Å². The molecule has 7 heteroatoms. The van der Waals surface area contributed by atoms with Gasteiger partial charge in [-0.15, -0.1) is 0 Å². The highest BCUT2D eigenvalue weighted by Crippen LogP contribution is 2.20. The fourth-order valence-electron chi connectivity index (χ4n) is 4.03. The molecule has 1 aromatic carbocycles. The van der Waals surface area contributed by atoms with Crippen LogP contribution in [0.3, 0.4) is 0 Å². The van der Waals surface area contributed by atoms with Gasteiger partial charge in [-0.3, -0.25) is 4.79 Å². The van der Waals surface area contributed by atoms with Crippen molar-refractivity contribution in [3.8, 4) is 0 Å². The molecule has 0 unspecified atom stereocenters. The van der Waals surface area contributed by atoms with Gasteiger partial charge in [-0.1, -0.05) is 18.2 Å². The molecule has 7 nitrogen and oxygen atoms in total. The first-order valence-electron chi connectivity index (χ1n) is 9.78. The summed E-state index contributed by atoms with van der Waals surface area (Å²) in [6, 6.07) is 9.42. The predicted molar refractivity (Wildman–Crippen MR) is 110 cm³/mol. The van der Waals surface area contributed by atoms with Crippen LogP contribution in [-0.4, -0.2) is 53.2 Å². The number of likely N-dealkylation sites (N-methyl/N-ethyl adjacent to an activating group) is 1. The number of aliphatic hydroxyl groups is 1. The van der Waals surface area contributed by atoms with E-state index in [1.165, 1.54) is 0 Å². The van der Waals surface area contributed by atoms with E-state index in [0.717, 1.165) is 22.9 Å². The summed E-state index contributed by atoms with van der Waals surface area (Å²) in [5, 5.41) is 13.9. The SMILES string of the molecule is Cc1cc(CCc2c[nH]c3ccccc23)oc(=O)c1C(=O)N[C@@H]1CN(C)C[C@H]1O. The Morgan fingerprint density at radius 3 is 2.83 bits per heavy atom. The maximum absolute atomic E-state index is 12.6.